The highest BCUT2D eigenvalue weighted by molar-refractivity contribution is 7.99. The number of aryl methyl sites for hydroxylation is 4. The molecule has 0 saturated carbocycles. The van der Waals surface area contributed by atoms with Gasteiger partial charge in [0.15, 0.2) is 50.8 Å². The summed E-state index contributed by atoms with van der Waals surface area (Å²) < 4.78 is 7.74. The van der Waals surface area contributed by atoms with Gasteiger partial charge in [-0.15, -0.1) is 0 Å². The maximum Gasteiger partial charge on any atom is 0.280 e. The van der Waals surface area contributed by atoms with Crippen molar-refractivity contribution in [2.45, 2.75) is 121 Å². The second-order valence-corrected chi connectivity index (χ2v) is 21.2. The summed E-state index contributed by atoms with van der Waals surface area (Å²) in [6.07, 6.45) is 13.8. The summed E-state index contributed by atoms with van der Waals surface area (Å²) in [4.78, 5) is 153. The smallest absolute Gasteiger partial charge is 0.280 e. The molecule has 26 heteroatoms. The highest BCUT2D eigenvalue weighted by Gasteiger charge is 2.33. The van der Waals surface area contributed by atoms with Crippen molar-refractivity contribution >= 4 is 95.8 Å². The van der Waals surface area contributed by atoms with Crippen LogP contribution in [0.1, 0.15) is 114 Å². The number of rotatable bonds is 5. The molecule has 0 aliphatic carbocycles. The Morgan fingerprint density at radius 2 is 0.950 bits per heavy atom. The van der Waals surface area contributed by atoms with Gasteiger partial charge in [0, 0.05) is 54.0 Å². The summed E-state index contributed by atoms with van der Waals surface area (Å²) >= 11 is 1.45. The number of pyridine rings is 2. The molecule has 0 aromatic carbocycles. The molecule has 15 rings (SSSR count). The molecule has 10 aromatic rings. The van der Waals surface area contributed by atoms with Crippen LogP contribution in [0.4, 0.5) is 0 Å². The van der Waals surface area contributed by atoms with E-state index in [0.717, 1.165) is 53.8 Å². The van der Waals surface area contributed by atoms with Gasteiger partial charge in [-0.05, 0) is 103 Å². The molecular weight excluding hydrogens is 1050 g/mol. The van der Waals surface area contributed by atoms with Gasteiger partial charge in [-0.1, -0.05) is 11.8 Å². The Morgan fingerprint density at radius 3 is 1.56 bits per heavy atom. The van der Waals surface area contributed by atoms with E-state index < -0.39 is 0 Å². The van der Waals surface area contributed by atoms with E-state index in [4.69, 9.17) is 0 Å². The average Bonchev–Trinajstić information content (AvgIpc) is 4.28. The molecule has 5 aliphatic heterocycles. The number of Topliss-reactive ketones (excluding diaryl/α,β-unsaturated/α-hetero) is 5. The van der Waals surface area contributed by atoms with Crippen LogP contribution in [-0.2, 0) is 49.7 Å². The van der Waals surface area contributed by atoms with E-state index in [1.54, 1.807) is 46.8 Å². The van der Waals surface area contributed by atoms with Crippen molar-refractivity contribution in [3.8, 4) is 0 Å². The lowest BCUT2D eigenvalue weighted by Crippen LogP contribution is -2.28. The zero-order chi connectivity index (χ0) is 56.4. The lowest BCUT2D eigenvalue weighted by Gasteiger charge is -2.10. The number of H-pyrrole nitrogens is 5. The van der Waals surface area contributed by atoms with Gasteiger partial charge in [-0.2, -0.15) is 0 Å². The molecule has 5 N–H and O–H groups in total. The molecule has 5 aliphatic rings. The van der Waals surface area contributed by atoms with E-state index in [1.165, 1.54) is 65.8 Å². The molecule has 0 saturated heterocycles. The van der Waals surface area contributed by atoms with Crippen molar-refractivity contribution in [3.63, 3.8) is 0 Å². The number of hydrogen-bond acceptors (Lipinski definition) is 16. The predicted octanol–water partition coefficient (Wildman–Crippen LogP) is 4.16. The van der Waals surface area contributed by atoms with Gasteiger partial charge in [0.2, 0.25) is 0 Å². The van der Waals surface area contributed by atoms with Gasteiger partial charge in [-0.3, -0.25) is 61.6 Å². The molecule has 15 heterocycles. The van der Waals surface area contributed by atoms with Gasteiger partial charge in [-0.25, -0.2) is 24.9 Å². The van der Waals surface area contributed by atoms with Gasteiger partial charge >= 0.3 is 0 Å². The number of aromatic nitrogens is 15. The molecule has 0 amide bonds. The highest BCUT2D eigenvalue weighted by atomic mass is 32.2. The normalized spacial score (nSPS) is 18.9. The van der Waals surface area contributed by atoms with E-state index in [0.29, 0.717) is 86.7 Å². The minimum atomic E-state index is -0.368. The lowest BCUT2D eigenvalue weighted by molar-refractivity contribution is -0.120. The number of fused-ring (bicyclic) bond motifs is 10. The summed E-state index contributed by atoms with van der Waals surface area (Å²) in [6.45, 7) is 7.60. The van der Waals surface area contributed by atoms with Crippen LogP contribution in [0.2, 0.25) is 0 Å². The Morgan fingerprint density at radius 1 is 0.475 bits per heavy atom. The highest BCUT2D eigenvalue weighted by Crippen LogP contribution is 2.32. The van der Waals surface area contributed by atoms with Gasteiger partial charge in [0.1, 0.15) is 34.2 Å². The maximum absolute atomic E-state index is 12.2. The minimum Gasteiger partial charge on any atom is -0.357 e. The first-order chi connectivity index (χ1) is 38.4. The fraction of sp³-hybridized carbons (Fsp3) is 0.352. The first-order valence-corrected chi connectivity index (χ1v) is 27.0. The number of nitrogens with zero attached hydrogens (tertiary/aromatic N) is 10. The molecule has 5 atom stereocenters. The van der Waals surface area contributed by atoms with Crippen molar-refractivity contribution < 1.29 is 24.0 Å². The van der Waals surface area contributed by atoms with Crippen molar-refractivity contribution in [2.24, 2.45) is 0 Å². The fourth-order valence-corrected chi connectivity index (χ4v) is 12.6. The van der Waals surface area contributed by atoms with Crippen molar-refractivity contribution in [2.75, 3.05) is 5.75 Å². The second kappa shape index (κ2) is 20.9. The maximum atomic E-state index is 12.2. The van der Waals surface area contributed by atoms with Crippen LogP contribution in [0, 0.1) is 0 Å². The van der Waals surface area contributed by atoms with Crippen LogP contribution in [0.15, 0.2) is 90.7 Å². The third-order valence-corrected chi connectivity index (χ3v) is 16.3. The van der Waals surface area contributed by atoms with Gasteiger partial charge in [0.25, 0.3) is 27.8 Å². The Labute approximate surface area is 454 Å². The van der Waals surface area contributed by atoms with Crippen molar-refractivity contribution in [1.82, 2.24) is 72.7 Å². The summed E-state index contributed by atoms with van der Waals surface area (Å²) in [5, 5.41) is 1.57. The number of ketones is 5. The predicted molar refractivity (Wildman–Crippen MR) is 294 cm³/mol. The van der Waals surface area contributed by atoms with Crippen molar-refractivity contribution in [1.29, 1.82) is 0 Å². The molecule has 25 nitrogen and oxygen atoms in total. The van der Waals surface area contributed by atoms with E-state index in [9.17, 15) is 47.9 Å². The Hall–Kier alpha value is -9.20. The monoisotopic (exact) mass is 1100 g/mol. The Kier molecular flexibility index (Phi) is 13.8. The zero-order valence-corrected chi connectivity index (χ0v) is 44.8. The number of carbonyl (C=O) groups excluding carboxylic acids is 5. The van der Waals surface area contributed by atoms with E-state index >= 15 is 0 Å². The first kappa shape index (κ1) is 52.8. The summed E-state index contributed by atoms with van der Waals surface area (Å²) in [5.41, 5.74) is 6.02. The van der Waals surface area contributed by atoms with Crippen LogP contribution in [0.3, 0.4) is 0 Å². The summed E-state index contributed by atoms with van der Waals surface area (Å²) in [7, 11) is 0. The molecular formula is C54H53N15O10S. The van der Waals surface area contributed by atoms with E-state index in [2.05, 4.69) is 49.8 Å². The van der Waals surface area contributed by atoms with Gasteiger partial charge in [0.05, 0.1) is 53.4 Å². The Bertz CT molecular complexity index is 3860. The minimum absolute atomic E-state index is 0.000978. The third-order valence-electron chi connectivity index (χ3n) is 15.3. The van der Waals surface area contributed by atoms with Crippen LogP contribution in [-0.4, -0.2) is 107 Å². The number of aromatic amines is 5. The number of hydrogen-bond donors (Lipinski definition) is 5. The molecule has 10 aromatic heterocycles. The molecule has 0 bridgehead atoms. The summed E-state index contributed by atoms with van der Waals surface area (Å²) in [6, 6.07) is 7.70. The number of thioether (sulfide) groups is 1. The first-order valence-electron chi connectivity index (χ1n) is 26.0. The van der Waals surface area contributed by atoms with E-state index in [-0.39, 0.29) is 86.9 Å². The number of imidazole rings is 2. The van der Waals surface area contributed by atoms with Crippen LogP contribution >= 0.6 is 11.8 Å². The molecule has 0 radical (unpaired) electrons. The van der Waals surface area contributed by atoms with E-state index in [1.807, 2.05) is 18.2 Å². The topological polar surface area (TPSA) is 339 Å². The zero-order valence-electron chi connectivity index (χ0n) is 44.0. The number of carbonyl (C=O) groups is 5. The average molecular weight is 1100 g/mol. The third kappa shape index (κ3) is 9.16. The standard InChI is InChI=1S/C12H12N2O2.2C11H11N3O2.C10H10N4O2.C10H9N3O2S/c1-7(15)10-3-2-9-6-8-4-5-13-11(8)12(16)14(9)10;1-6(15)9-3-2-7-4-8-10(13-5-12-8)11(16)14(7)9;1-6(15)8-2-3-9-13-7-4-5-12-10(7)11(16)14(8)9;1-5(15)6-2-3-7-13-9-8(11-4-12-9)10(16)14(6)7;1-5(14)7-4-16-10-12-6-2-3-11-8(6)9(15)13(7)10/h4-6,10,13H,2-3H2,1H3;4-5,9H,2-3H2,1H3,(H,12,13);4-5,8,12H,2-3H2,1H3;4,6H,2-3H2,1H3,(H,11,12);2-3,7,11H,4H2,1H3. The van der Waals surface area contributed by atoms with Gasteiger partial charge < -0.3 is 34.1 Å². The SMILES string of the molecule is CC(=O)C1CCc2cc3[nH]cnc3c(=O)n21.CC(=O)C1CCc2cc3cc[nH]c3c(=O)n21.CC(=O)C1CCc2nc3cc[nH]c3c(=O)n21.CC(=O)C1CCc2nc3nc[nH]c3c(=O)n21.CC(=O)C1CSc2nc3cc[nH]c3c(=O)n21. The number of nitrogens with one attached hydrogen (secondary N) is 5. The Balaban J connectivity index is 0.000000105. The van der Waals surface area contributed by atoms with Crippen LogP contribution in [0.5, 0.6) is 0 Å². The second-order valence-electron chi connectivity index (χ2n) is 20.2. The molecule has 0 spiro atoms. The molecule has 410 valence electrons. The summed E-state index contributed by atoms with van der Waals surface area (Å²) in [5.74, 6) is 2.10. The molecule has 0 fully saturated rings. The van der Waals surface area contributed by atoms with Crippen molar-refractivity contribution in [3.05, 3.63) is 136 Å². The largest absolute Gasteiger partial charge is 0.357 e. The quantitative estimate of drug-likeness (QED) is 0.151. The lowest BCUT2D eigenvalue weighted by atomic mass is 10.1. The molecule has 5 unspecified atom stereocenters. The molecule has 80 heavy (non-hydrogen) atoms. The van der Waals surface area contributed by atoms with Crippen LogP contribution < -0.4 is 27.8 Å². The fourth-order valence-electron chi connectivity index (χ4n) is 11.4. The van der Waals surface area contributed by atoms with Crippen LogP contribution in [0.25, 0.3) is 55.2 Å².